The molecule has 0 aromatic rings. The summed E-state index contributed by atoms with van der Waals surface area (Å²) >= 11 is 3.65. The number of thioether (sulfide) groups is 2. The Bertz CT molecular complexity index is 654. The van der Waals surface area contributed by atoms with Crippen molar-refractivity contribution >= 4 is 41.5 Å². The van der Waals surface area contributed by atoms with Crippen molar-refractivity contribution in [1.29, 1.82) is 0 Å². The molecule has 30 heavy (non-hydrogen) atoms. The van der Waals surface area contributed by atoms with Crippen LogP contribution >= 0.6 is 23.5 Å². The number of nitrogens with zero attached hydrogens (tertiary/aromatic N) is 1. The van der Waals surface area contributed by atoms with Gasteiger partial charge in [0.15, 0.2) is 0 Å². The molecule has 2 atom stereocenters. The lowest BCUT2D eigenvalue weighted by Crippen LogP contribution is -2.55. The summed E-state index contributed by atoms with van der Waals surface area (Å²) in [5, 5.41) is 2.86. The van der Waals surface area contributed by atoms with Gasteiger partial charge in [0.25, 0.3) is 0 Å². The number of ether oxygens (including phenoxy) is 2. The van der Waals surface area contributed by atoms with E-state index in [4.69, 9.17) is 9.47 Å². The van der Waals surface area contributed by atoms with E-state index in [9.17, 15) is 14.4 Å². The van der Waals surface area contributed by atoms with Crippen molar-refractivity contribution in [1.82, 2.24) is 10.2 Å². The van der Waals surface area contributed by atoms with Gasteiger partial charge in [-0.1, -0.05) is 19.3 Å². The Balaban J connectivity index is 1.82. The number of amides is 2. The number of rotatable bonds is 4. The number of methoxy groups -OCH3 is 1. The standard InChI is InChI=1S/C21H34N2O5S2/c1-20(2,3)28-19(26)22-16(14-8-6-5-7-9-14)17(24)23-13-21(29-10-11-30-21)12-15(23)18(25)27-4/h14-16H,5-13H2,1-4H3,(H,22,26)/t15-,16?/m0/s1. The van der Waals surface area contributed by atoms with Crippen LogP contribution in [0.5, 0.6) is 0 Å². The van der Waals surface area contributed by atoms with Crippen LogP contribution < -0.4 is 5.32 Å². The van der Waals surface area contributed by atoms with E-state index in [-0.39, 0.29) is 21.9 Å². The number of carbonyl (C=O) groups excluding carboxylic acids is 3. The van der Waals surface area contributed by atoms with E-state index in [1.165, 1.54) is 7.11 Å². The second-order valence-corrected chi connectivity index (χ2v) is 12.6. The summed E-state index contributed by atoms with van der Waals surface area (Å²) in [7, 11) is 1.36. The van der Waals surface area contributed by atoms with E-state index >= 15 is 0 Å². The number of esters is 1. The summed E-state index contributed by atoms with van der Waals surface area (Å²) in [5.41, 5.74) is -0.645. The first kappa shape index (κ1) is 23.6. The zero-order valence-corrected chi connectivity index (χ0v) is 20.0. The maximum absolute atomic E-state index is 13.7. The molecule has 1 unspecified atom stereocenters. The first-order chi connectivity index (χ1) is 14.1. The van der Waals surface area contributed by atoms with Gasteiger partial charge in [0, 0.05) is 24.5 Å². The van der Waals surface area contributed by atoms with Gasteiger partial charge in [0.2, 0.25) is 5.91 Å². The van der Waals surface area contributed by atoms with Gasteiger partial charge in [0.05, 0.1) is 11.2 Å². The van der Waals surface area contributed by atoms with Gasteiger partial charge in [0.1, 0.15) is 17.7 Å². The van der Waals surface area contributed by atoms with E-state index in [0.29, 0.717) is 13.0 Å². The van der Waals surface area contributed by atoms with Crippen molar-refractivity contribution in [2.75, 3.05) is 25.2 Å². The summed E-state index contributed by atoms with van der Waals surface area (Å²) in [5.74, 6) is 1.52. The molecule has 2 amide bonds. The van der Waals surface area contributed by atoms with Crippen LogP contribution in [0, 0.1) is 5.92 Å². The zero-order chi connectivity index (χ0) is 21.9. The molecule has 7 nitrogen and oxygen atoms in total. The van der Waals surface area contributed by atoms with Crippen molar-refractivity contribution in [3.8, 4) is 0 Å². The fourth-order valence-corrected chi connectivity index (χ4v) is 7.84. The monoisotopic (exact) mass is 458 g/mol. The fraction of sp³-hybridized carbons (Fsp3) is 0.857. The van der Waals surface area contributed by atoms with Crippen LogP contribution in [0.15, 0.2) is 0 Å². The van der Waals surface area contributed by atoms with Gasteiger partial charge in [-0.25, -0.2) is 9.59 Å². The maximum Gasteiger partial charge on any atom is 0.408 e. The molecule has 2 aliphatic heterocycles. The molecular weight excluding hydrogens is 424 g/mol. The molecule has 1 saturated carbocycles. The summed E-state index contributed by atoms with van der Waals surface area (Å²) in [6.07, 6.45) is 5.01. The third-order valence-electron chi connectivity index (χ3n) is 5.92. The van der Waals surface area contributed by atoms with E-state index in [1.54, 1.807) is 25.7 Å². The largest absolute Gasteiger partial charge is 0.467 e. The Labute approximate surface area is 187 Å². The highest BCUT2D eigenvalue weighted by atomic mass is 32.2. The molecule has 2 saturated heterocycles. The van der Waals surface area contributed by atoms with Gasteiger partial charge in [-0.2, -0.15) is 0 Å². The topological polar surface area (TPSA) is 84.9 Å². The predicted octanol–water partition coefficient (Wildman–Crippen LogP) is 3.41. The Morgan fingerprint density at radius 1 is 1.10 bits per heavy atom. The van der Waals surface area contributed by atoms with E-state index in [1.807, 2.05) is 23.5 Å². The first-order valence-corrected chi connectivity index (χ1v) is 12.8. The average molecular weight is 459 g/mol. The molecule has 3 fully saturated rings. The summed E-state index contributed by atoms with van der Waals surface area (Å²) in [4.78, 5) is 40.5. The Hall–Kier alpha value is -1.09. The Morgan fingerprint density at radius 3 is 2.30 bits per heavy atom. The average Bonchev–Trinajstić information content (AvgIpc) is 3.31. The number of hydrogen-bond donors (Lipinski definition) is 1. The number of alkyl carbamates (subject to hydrolysis) is 1. The normalized spacial score (nSPS) is 25.2. The van der Waals surface area contributed by atoms with E-state index in [2.05, 4.69) is 5.32 Å². The van der Waals surface area contributed by atoms with Crippen LogP contribution in [0.3, 0.4) is 0 Å². The van der Waals surface area contributed by atoms with E-state index < -0.39 is 23.8 Å². The molecule has 170 valence electrons. The molecule has 1 spiro atoms. The van der Waals surface area contributed by atoms with Crippen molar-refractivity contribution in [3.63, 3.8) is 0 Å². The van der Waals surface area contributed by atoms with Crippen LogP contribution in [0.2, 0.25) is 0 Å². The highest BCUT2D eigenvalue weighted by Gasteiger charge is 2.53. The summed E-state index contributed by atoms with van der Waals surface area (Å²) in [6.45, 7) is 5.91. The second-order valence-electron chi connectivity index (χ2n) is 9.34. The smallest absolute Gasteiger partial charge is 0.408 e. The molecule has 2 heterocycles. The lowest BCUT2D eigenvalue weighted by molar-refractivity contribution is -0.152. The molecule has 1 aliphatic carbocycles. The highest BCUT2D eigenvalue weighted by Crippen LogP contribution is 2.52. The number of likely N-dealkylation sites (tertiary alicyclic amines) is 1. The Kier molecular flexibility index (Phi) is 7.53. The predicted molar refractivity (Wildman–Crippen MR) is 120 cm³/mol. The number of hydrogen-bond acceptors (Lipinski definition) is 7. The quantitative estimate of drug-likeness (QED) is 0.646. The summed E-state index contributed by atoms with van der Waals surface area (Å²) < 4.78 is 10.3. The molecule has 0 aromatic heterocycles. The fourth-order valence-electron chi connectivity index (χ4n) is 4.59. The molecule has 0 aromatic carbocycles. The number of carbonyl (C=O) groups is 3. The minimum Gasteiger partial charge on any atom is -0.467 e. The molecule has 1 N–H and O–H groups in total. The van der Waals surface area contributed by atoms with Gasteiger partial charge in [-0.05, 0) is 39.5 Å². The molecule has 0 radical (unpaired) electrons. The van der Waals surface area contributed by atoms with Crippen LogP contribution in [0.25, 0.3) is 0 Å². The molecule has 3 rings (SSSR count). The highest BCUT2D eigenvalue weighted by molar-refractivity contribution is 8.21. The lowest BCUT2D eigenvalue weighted by atomic mass is 9.83. The molecule has 3 aliphatic rings. The van der Waals surface area contributed by atoms with Gasteiger partial charge in [-0.15, -0.1) is 23.5 Å². The van der Waals surface area contributed by atoms with Crippen molar-refractivity contribution in [2.45, 2.75) is 81.1 Å². The van der Waals surface area contributed by atoms with Gasteiger partial charge >= 0.3 is 12.1 Å². The third-order valence-corrected chi connectivity index (χ3v) is 9.35. The first-order valence-electron chi connectivity index (χ1n) is 10.8. The Morgan fingerprint density at radius 2 is 1.73 bits per heavy atom. The SMILES string of the molecule is COC(=O)[C@@H]1CC2(CN1C(=O)C(NC(=O)OC(C)(C)C)C1CCCCC1)SCCS2. The van der Waals surface area contributed by atoms with Crippen LogP contribution in [-0.4, -0.2) is 69.8 Å². The maximum atomic E-state index is 13.7. The van der Waals surface area contributed by atoms with Gasteiger partial charge in [-0.3, -0.25) is 4.79 Å². The van der Waals surface area contributed by atoms with Crippen molar-refractivity contribution < 1.29 is 23.9 Å². The minimum atomic E-state index is -0.682. The summed E-state index contributed by atoms with van der Waals surface area (Å²) in [6, 6.07) is -1.29. The van der Waals surface area contributed by atoms with Crippen molar-refractivity contribution in [3.05, 3.63) is 0 Å². The third kappa shape index (κ3) is 5.58. The van der Waals surface area contributed by atoms with Crippen LogP contribution in [-0.2, 0) is 19.1 Å². The second kappa shape index (κ2) is 9.59. The van der Waals surface area contributed by atoms with Crippen molar-refractivity contribution in [2.24, 2.45) is 5.92 Å². The van der Waals surface area contributed by atoms with Crippen LogP contribution in [0.1, 0.15) is 59.3 Å². The zero-order valence-electron chi connectivity index (χ0n) is 18.4. The molecular formula is C21H34N2O5S2. The van der Waals surface area contributed by atoms with Crippen LogP contribution in [0.4, 0.5) is 4.79 Å². The molecule has 9 heteroatoms. The van der Waals surface area contributed by atoms with Gasteiger partial charge < -0.3 is 19.7 Å². The number of nitrogens with one attached hydrogen (secondary N) is 1. The lowest BCUT2D eigenvalue weighted by Gasteiger charge is -2.34. The minimum absolute atomic E-state index is 0.0532. The van der Waals surface area contributed by atoms with E-state index in [0.717, 1.165) is 43.6 Å². The molecule has 0 bridgehead atoms.